The molecule has 0 spiro atoms. The molecule has 3 aromatic rings. The highest BCUT2D eigenvalue weighted by Crippen LogP contribution is 2.25. The van der Waals surface area contributed by atoms with Crippen LogP contribution in [0.5, 0.6) is 5.75 Å². The first-order chi connectivity index (χ1) is 16.9. The highest BCUT2D eigenvalue weighted by atomic mass is 32.2. The molecule has 7 nitrogen and oxygen atoms in total. The number of carbonyl (C=O) groups excluding carboxylic acids is 1. The largest absolute Gasteiger partial charge is 0.496 e. The molecular formula is C27H30N2O5S. The first kappa shape index (κ1) is 24.8. The van der Waals surface area contributed by atoms with Crippen LogP contribution < -0.4 is 9.04 Å². The van der Waals surface area contributed by atoms with Gasteiger partial charge in [0.05, 0.1) is 23.8 Å². The van der Waals surface area contributed by atoms with Gasteiger partial charge in [-0.15, -0.1) is 0 Å². The lowest BCUT2D eigenvalue weighted by atomic mass is 10.1. The molecule has 1 heterocycles. The van der Waals surface area contributed by atoms with Gasteiger partial charge in [0.25, 0.3) is 15.9 Å². The third-order valence-electron chi connectivity index (χ3n) is 6.15. The lowest BCUT2D eigenvalue weighted by Gasteiger charge is -2.27. The third kappa shape index (κ3) is 5.66. The molecule has 0 aromatic heterocycles. The second-order valence-corrected chi connectivity index (χ2v) is 10.4. The SMILES string of the molecule is COc1ccccc1CN(CC1CCCO1)C(=O)c1cccc(S(=O)(=O)N(C)c2ccccc2)c1. The minimum absolute atomic E-state index is 0.0511. The molecule has 3 aromatic carbocycles. The number of benzene rings is 3. The Balaban J connectivity index is 1.63. The van der Waals surface area contributed by atoms with Crippen molar-refractivity contribution >= 4 is 21.6 Å². The maximum atomic E-state index is 13.7. The van der Waals surface area contributed by atoms with E-state index in [1.807, 2.05) is 30.3 Å². The topological polar surface area (TPSA) is 76.1 Å². The van der Waals surface area contributed by atoms with Crippen LogP contribution in [0.3, 0.4) is 0 Å². The molecule has 0 radical (unpaired) electrons. The molecule has 1 aliphatic heterocycles. The van der Waals surface area contributed by atoms with Crippen LogP contribution in [0.1, 0.15) is 28.8 Å². The van der Waals surface area contributed by atoms with E-state index in [0.717, 1.165) is 18.4 Å². The highest BCUT2D eigenvalue weighted by molar-refractivity contribution is 7.92. The van der Waals surface area contributed by atoms with Gasteiger partial charge < -0.3 is 14.4 Å². The third-order valence-corrected chi connectivity index (χ3v) is 7.93. The Morgan fingerprint density at radius 2 is 1.77 bits per heavy atom. The van der Waals surface area contributed by atoms with Crippen molar-refractivity contribution < 1.29 is 22.7 Å². The summed E-state index contributed by atoms with van der Waals surface area (Å²) in [5.41, 5.74) is 1.72. The highest BCUT2D eigenvalue weighted by Gasteiger charge is 2.27. The van der Waals surface area contributed by atoms with Crippen LogP contribution in [0.4, 0.5) is 5.69 Å². The molecule has 0 bridgehead atoms. The Labute approximate surface area is 206 Å². The van der Waals surface area contributed by atoms with Gasteiger partial charge >= 0.3 is 0 Å². The van der Waals surface area contributed by atoms with Crippen LogP contribution >= 0.6 is 0 Å². The standard InChI is InChI=1S/C27H30N2O5S/c1-28(23-12-4-3-5-13-23)35(31,32)25-15-8-11-21(18-25)27(30)29(20-24-14-9-17-34-24)19-22-10-6-7-16-26(22)33-2/h3-8,10-13,15-16,18,24H,9,14,17,19-20H2,1-2H3. The molecule has 0 aliphatic carbocycles. The molecule has 1 unspecified atom stereocenters. The minimum Gasteiger partial charge on any atom is -0.496 e. The van der Waals surface area contributed by atoms with Gasteiger partial charge in [0.2, 0.25) is 0 Å². The molecular weight excluding hydrogens is 464 g/mol. The quantitative estimate of drug-likeness (QED) is 0.442. The van der Waals surface area contributed by atoms with Crippen LogP contribution in [0, 0.1) is 0 Å². The molecule has 8 heteroatoms. The number of ether oxygens (including phenoxy) is 2. The number of carbonyl (C=O) groups is 1. The summed E-state index contributed by atoms with van der Waals surface area (Å²) in [6, 6.07) is 22.6. The fourth-order valence-electron chi connectivity index (χ4n) is 4.20. The van der Waals surface area contributed by atoms with Crippen molar-refractivity contribution in [3.05, 3.63) is 90.0 Å². The van der Waals surface area contributed by atoms with Crippen LogP contribution in [0.2, 0.25) is 0 Å². The number of anilines is 1. The smallest absolute Gasteiger partial charge is 0.264 e. The van der Waals surface area contributed by atoms with Crippen LogP contribution in [-0.4, -0.2) is 52.6 Å². The molecule has 35 heavy (non-hydrogen) atoms. The number of para-hydroxylation sites is 2. The summed E-state index contributed by atoms with van der Waals surface area (Å²) in [6.07, 6.45) is 1.79. The zero-order valence-corrected chi connectivity index (χ0v) is 20.8. The average molecular weight is 495 g/mol. The van der Waals surface area contributed by atoms with Crippen molar-refractivity contribution in [3.63, 3.8) is 0 Å². The Bertz CT molecular complexity index is 1260. The number of amides is 1. The maximum absolute atomic E-state index is 13.7. The van der Waals surface area contributed by atoms with Crippen molar-refractivity contribution in [2.75, 3.05) is 31.6 Å². The Kier molecular flexibility index (Phi) is 7.73. The number of sulfonamides is 1. The normalized spacial score (nSPS) is 15.5. The fraction of sp³-hybridized carbons (Fsp3) is 0.296. The van der Waals surface area contributed by atoms with Gasteiger partial charge in [-0.1, -0.05) is 42.5 Å². The zero-order chi connectivity index (χ0) is 24.8. The van der Waals surface area contributed by atoms with E-state index in [0.29, 0.717) is 36.7 Å². The predicted molar refractivity (Wildman–Crippen MR) is 135 cm³/mol. The molecule has 1 aliphatic rings. The van der Waals surface area contributed by atoms with E-state index in [2.05, 4.69) is 0 Å². The number of rotatable bonds is 9. The summed E-state index contributed by atoms with van der Waals surface area (Å²) in [5, 5.41) is 0. The molecule has 0 N–H and O–H groups in total. The Hall–Kier alpha value is -3.36. The van der Waals surface area contributed by atoms with Gasteiger partial charge in [-0.3, -0.25) is 9.10 Å². The average Bonchev–Trinajstić information content (AvgIpc) is 3.41. The number of hydrogen-bond donors (Lipinski definition) is 0. The van der Waals surface area contributed by atoms with Gasteiger partial charge in [0, 0.05) is 37.9 Å². The second-order valence-electron chi connectivity index (χ2n) is 8.47. The van der Waals surface area contributed by atoms with Crippen molar-refractivity contribution in [2.24, 2.45) is 0 Å². The molecule has 184 valence electrons. The molecule has 1 saturated heterocycles. The van der Waals surface area contributed by atoms with Crippen LogP contribution in [0.25, 0.3) is 0 Å². The molecule has 1 amide bonds. The summed E-state index contributed by atoms with van der Waals surface area (Å²) in [4.78, 5) is 15.4. The van der Waals surface area contributed by atoms with Gasteiger partial charge in [-0.25, -0.2) is 8.42 Å². The number of hydrogen-bond acceptors (Lipinski definition) is 5. The van der Waals surface area contributed by atoms with E-state index in [9.17, 15) is 13.2 Å². The number of methoxy groups -OCH3 is 1. The van der Waals surface area contributed by atoms with Crippen LogP contribution in [-0.2, 0) is 21.3 Å². The van der Waals surface area contributed by atoms with E-state index in [-0.39, 0.29) is 16.9 Å². The zero-order valence-electron chi connectivity index (χ0n) is 20.0. The summed E-state index contributed by atoms with van der Waals surface area (Å²) >= 11 is 0. The van der Waals surface area contributed by atoms with E-state index < -0.39 is 10.0 Å². The van der Waals surface area contributed by atoms with Crippen molar-refractivity contribution in [2.45, 2.75) is 30.4 Å². The van der Waals surface area contributed by atoms with Gasteiger partial charge in [-0.2, -0.15) is 0 Å². The molecule has 1 atom stereocenters. The first-order valence-corrected chi connectivity index (χ1v) is 13.0. The first-order valence-electron chi connectivity index (χ1n) is 11.6. The van der Waals surface area contributed by atoms with Crippen molar-refractivity contribution in [1.82, 2.24) is 4.90 Å². The van der Waals surface area contributed by atoms with E-state index in [1.165, 1.54) is 23.5 Å². The van der Waals surface area contributed by atoms with Crippen molar-refractivity contribution in [1.29, 1.82) is 0 Å². The van der Waals surface area contributed by atoms with Crippen LogP contribution in [0.15, 0.2) is 83.8 Å². The summed E-state index contributed by atoms with van der Waals surface area (Å²) in [5.74, 6) is 0.435. The summed E-state index contributed by atoms with van der Waals surface area (Å²) in [7, 11) is -0.743. The Morgan fingerprint density at radius 1 is 1.03 bits per heavy atom. The fourth-order valence-corrected chi connectivity index (χ4v) is 5.44. The predicted octanol–water partition coefficient (Wildman–Crippen LogP) is 4.34. The summed E-state index contributed by atoms with van der Waals surface area (Å²) < 4.78 is 39.1. The van der Waals surface area contributed by atoms with E-state index in [4.69, 9.17) is 9.47 Å². The van der Waals surface area contributed by atoms with E-state index in [1.54, 1.807) is 48.4 Å². The Morgan fingerprint density at radius 3 is 2.49 bits per heavy atom. The monoisotopic (exact) mass is 494 g/mol. The molecule has 0 saturated carbocycles. The lowest BCUT2D eigenvalue weighted by Crippen LogP contribution is -2.37. The van der Waals surface area contributed by atoms with E-state index >= 15 is 0 Å². The van der Waals surface area contributed by atoms with Gasteiger partial charge in [0.1, 0.15) is 5.75 Å². The maximum Gasteiger partial charge on any atom is 0.264 e. The minimum atomic E-state index is -3.85. The summed E-state index contributed by atoms with van der Waals surface area (Å²) in [6.45, 7) is 1.42. The lowest BCUT2D eigenvalue weighted by molar-refractivity contribution is 0.0505. The number of nitrogens with zero attached hydrogens (tertiary/aromatic N) is 2. The molecule has 1 fully saturated rings. The van der Waals surface area contributed by atoms with Gasteiger partial charge in [-0.05, 0) is 49.2 Å². The molecule has 4 rings (SSSR count). The second kappa shape index (κ2) is 10.9. The van der Waals surface area contributed by atoms with Gasteiger partial charge in [0.15, 0.2) is 0 Å². The van der Waals surface area contributed by atoms with Crippen molar-refractivity contribution in [3.8, 4) is 5.75 Å².